The van der Waals surface area contributed by atoms with Crippen LogP contribution in [0.3, 0.4) is 0 Å². The molecule has 6 heteroatoms. The molecule has 18 heavy (non-hydrogen) atoms. The topological polar surface area (TPSA) is 67.6 Å². The lowest BCUT2D eigenvalue weighted by Crippen LogP contribution is -1.87. The molecule has 0 saturated heterocycles. The molecule has 0 aliphatic carbocycles. The average Bonchev–Trinajstić information content (AvgIpc) is 2.70. The third-order valence-corrected chi connectivity index (χ3v) is 2.62. The zero-order chi connectivity index (χ0) is 11.8. The van der Waals surface area contributed by atoms with E-state index in [1.807, 2.05) is 24.3 Å². The van der Waals surface area contributed by atoms with Crippen LogP contribution in [0.15, 0.2) is 36.5 Å². The fourth-order valence-corrected chi connectivity index (χ4v) is 1.76. The largest absolute Gasteiger partial charge is 0.380 e. The number of nitrogen functional groups attached to an aromatic ring is 1. The summed E-state index contributed by atoms with van der Waals surface area (Å²) in [6.45, 7) is 0. The van der Waals surface area contributed by atoms with E-state index >= 15 is 0 Å². The van der Waals surface area contributed by atoms with Gasteiger partial charge in [-0.05, 0) is 18.2 Å². The Morgan fingerprint density at radius 1 is 1.22 bits per heavy atom. The normalized spacial score (nSPS) is 10.3. The molecule has 3 N–H and O–H groups in total. The Kier molecular flexibility index (Phi) is 3.16. The summed E-state index contributed by atoms with van der Waals surface area (Å²) in [5.74, 6) is -0.639. The maximum Gasteiger partial charge on any atom is 0.192 e. The SMILES string of the molecule is Cl.Nc1n[nH]c(-c2ccc3ncccc3c2)c1F. The van der Waals surface area contributed by atoms with E-state index in [1.165, 1.54) is 0 Å². The molecule has 0 aliphatic heterocycles. The second kappa shape index (κ2) is 4.62. The van der Waals surface area contributed by atoms with Gasteiger partial charge in [-0.25, -0.2) is 4.39 Å². The minimum Gasteiger partial charge on any atom is -0.380 e. The molecule has 0 saturated carbocycles. The fraction of sp³-hybridized carbons (Fsp3) is 0. The zero-order valence-corrected chi connectivity index (χ0v) is 10.0. The first kappa shape index (κ1) is 12.3. The number of nitrogens with two attached hydrogens (primary N) is 1. The van der Waals surface area contributed by atoms with Gasteiger partial charge in [0.2, 0.25) is 0 Å². The van der Waals surface area contributed by atoms with Crippen LogP contribution in [0.4, 0.5) is 10.2 Å². The van der Waals surface area contributed by atoms with Crippen molar-refractivity contribution in [3.05, 3.63) is 42.3 Å². The summed E-state index contributed by atoms with van der Waals surface area (Å²) in [5, 5.41) is 7.16. The Balaban J connectivity index is 0.00000120. The number of aromatic amines is 1. The Labute approximate surface area is 108 Å². The van der Waals surface area contributed by atoms with E-state index in [4.69, 9.17) is 5.73 Å². The maximum atomic E-state index is 13.6. The summed E-state index contributed by atoms with van der Waals surface area (Å²) in [6, 6.07) is 9.22. The number of hydrogen-bond acceptors (Lipinski definition) is 3. The second-order valence-corrected chi connectivity index (χ2v) is 3.71. The molecule has 0 unspecified atom stereocenters. The highest BCUT2D eigenvalue weighted by Crippen LogP contribution is 2.26. The van der Waals surface area contributed by atoms with Crippen LogP contribution in [0.5, 0.6) is 0 Å². The van der Waals surface area contributed by atoms with Gasteiger partial charge in [0.25, 0.3) is 0 Å². The Morgan fingerprint density at radius 3 is 2.78 bits per heavy atom. The van der Waals surface area contributed by atoms with Gasteiger partial charge in [0.05, 0.1) is 5.52 Å². The Morgan fingerprint density at radius 2 is 2.06 bits per heavy atom. The number of fused-ring (bicyclic) bond motifs is 1. The standard InChI is InChI=1S/C12H9FN4.ClH/c13-10-11(16-17-12(10)14)8-3-4-9-7(6-8)2-1-5-15-9;/h1-6H,(H3,14,16,17);1H. The summed E-state index contributed by atoms with van der Waals surface area (Å²) in [7, 11) is 0. The number of nitrogens with one attached hydrogen (secondary N) is 1. The molecule has 0 aliphatic rings. The number of H-pyrrole nitrogens is 1. The van der Waals surface area contributed by atoms with Crippen LogP contribution in [0.25, 0.3) is 22.2 Å². The predicted octanol–water partition coefficient (Wildman–Crippen LogP) is 2.77. The van der Waals surface area contributed by atoms with Gasteiger partial charge in [-0.2, -0.15) is 5.10 Å². The molecular weight excluding hydrogens is 255 g/mol. The molecule has 3 aromatic rings. The van der Waals surface area contributed by atoms with E-state index in [0.29, 0.717) is 11.3 Å². The van der Waals surface area contributed by atoms with Crippen molar-refractivity contribution in [1.82, 2.24) is 15.2 Å². The number of anilines is 1. The van der Waals surface area contributed by atoms with Crippen LogP contribution >= 0.6 is 12.4 Å². The summed E-state index contributed by atoms with van der Waals surface area (Å²) in [4.78, 5) is 4.20. The van der Waals surface area contributed by atoms with E-state index < -0.39 is 5.82 Å². The van der Waals surface area contributed by atoms with Gasteiger partial charge in [0.1, 0.15) is 5.69 Å². The van der Waals surface area contributed by atoms with E-state index in [1.54, 1.807) is 12.3 Å². The number of nitrogens with zero attached hydrogens (tertiary/aromatic N) is 2. The maximum absolute atomic E-state index is 13.6. The van der Waals surface area contributed by atoms with Gasteiger partial charge in [-0.1, -0.05) is 12.1 Å². The number of aromatic nitrogens is 3. The number of halogens is 2. The monoisotopic (exact) mass is 264 g/mol. The molecule has 2 aromatic heterocycles. The molecule has 0 amide bonds. The van der Waals surface area contributed by atoms with Gasteiger partial charge in [-0.15, -0.1) is 12.4 Å². The molecule has 0 radical (unpaired) electrons. The minimum atomic E-state index is -0.520. The van der Waals surface area contributed by atoms with Crippen molar-refractivity contribution < 1.29 is 4.39 Å². The Hall–Kier alpha value is -2.14. The summed E-state index contributed by atoms with van der Waals surface area (Å²) in [5.41, 5.74) is 7.23. The second-order valence-electron chi connectivity index (χ2n) is 3.71. The van der Waals surface area contributed by atoms with E-state index in [0.717, 1.165) is 10.9 Å². The van der Waals surface area contributed by atoms with Crippen LogP contribution in [0.2, 0.25) is 0 Å². The quantitative estimate of drug-likeness (QED) is 0.710. The lowest BCUT2D eigenvalue weighted by atomic mass is 10.1. The molecule has 0 atom stereocenters. The third kappa shape index (κ3) is 1.89. The van der Waals surface area contributed by atoms with Crippen molar-refractivity contribution in [3.8, 4) is 11.3 Å². The molecule has 3 rings (SSSR count). The number of rotatable bonds is 1. The van der Waals surface area contributed by atoms with E-state index in [-0.39, 0.29) is 18.2 Å². The van der Waals surface area contributed by atoms with Gasteiger partial charge in [-0.3, -0.25) is 10.1 Å². The van der Waals surface area contributed by atoms with Crippen molar-refractivity contribution >= 4 is 29.1 Å². The predicted molar refractivity (Wildman–Crippen MR) is 70.9 cm³/mol. The molecular formula is C12H10ClFN4. The van der Waals surface area contributed by atoms with E-state index in [2.05, 4.69) is 15.2 Å². The first-order valence-electron chi connectivity index (χ1n) is 5.10. The van der Waals surface area contributed by atoms with Gasteiger partial charge >= 0.3 is 0 Å². The average molecular weight is 265 g/mol. The highest BCUT2D eigenvalue weighted by Gasteiger charge is 2.12. The molecule has 0 fully saturated rings. The highest BCUT2D eigenvalue weighted by molar-refractivity contribution is 5.85. The lowest BCUT2D eigenvalue weighted by Gasteiger charge is -2.00. The molecule has 92 valence electrons. The first-order chi connectivity index (χ1) is 8.25. The number of pyridine rings is 1. The summed E-state index contributed by atoms with van der Waals surface area (Å²) >= 11 is 0. The smallest absolute Gasteiger partial charge is 0.192 e. The van der Waals surface area contributed by atoms with Crippen LogP contribution in [0, 0.1) is 5.82 Å². The highest BCUT2D eigenvalue weighted by atomic mass is 35.5. The van der Waals surface area contributed by atoms with Crippen molar-refractivity contribution in [1.29, 1.82) is 0 Å². The summed E-state index contributed by atoms with van der Waals surface area (Å²) in [6.07, 6.45) is 1.72. The fourth-order valence-electron chi connectivity index (χ4n) is 1.76. The Bertz CT molecular complexity index is 695. The molecule has 4 nitrogen and oxygen atoms in total. The van der Waals surface area contributed by atoms with E-state index in [9.17, 15) is 4.39 Å². The molecule has 1 aromatic carbocycles. The van der Waals surface area contributed by atoms with Crippen molar-refractivity contribution in [2.75, 3.05) is 5.73 Å². The first-order valence-corrected chi connectivity index (χ1v) is 5.10. The summed E-state index contributed by atoms with van der Waals surface area (Å²) < 4.78 is 13.6. The van der Waals surface area contributed by atoms with Gasteiger partial charge < -0.3 is 5.73 Å². The lowest BCUT2D eigenvalue weighted by molar-refractivity contribution is 0.636. The number of hydrogen-bond donors (Lipinski definition) is 2. The van der Waals surface area contributed by atoms with Gasteiger partial charge in [0.15, 0.2) is 11.6 Å². The van der Waals surface area contributed by atoms with Crippen LogP contribution in [-0.4, -0.2) is 15.2 Å². The van der Waals surface area contributed by atoms with Crippen LogP contribution in [0.1, 0.15) is 0 Å². The van der Waals surface area contributed by atoms with Crippen LogP contribution in [-0.2, 0) is 0 Å². The molecule has 0 spiro atoms. The zero-order valence-electron chi connectivity index (χ0n) is 9.22. The molecule has 0 bridgehead atoms. The third-order valence-electron chi connectivity index (χ3n) is 2.62. The van der Waals surface area contributed by atoms with Crippen molar-refractivity contribution in [3.63, 3.8) is 0 Å². The van der Waals surface area contributed by atoms with Crippen molar-refractivity contribution in [2.24, 2.45) is 0 Å². The van der Waals surface area contributed by atoms with Crippen LogP contribution < -0.4 is 5.73 Å². The molecule has 2 heterocycles. The number of benzene rings is 1. The van der Waals surface area contributed by atoms with Crippen molar-refractivity contribution in [2.45, 2.75) is 0 Å². The minimum absolute atomic E-state index is 0. The van der Waals surface area contributed by atoms with Gasteiger partial charge in [0, 0.05) is 17.1 Å².